The second-order valence-electron chi connectivity index (χ2n) is 6.31. The Labute approximate surface area is 142 Å². The van der Waals surface area contributed by atoms with Crippen LogP contribution in [0.25, 0.3) is 0 Å². The van der Waals surface area contributed by atoms with Crippen molar-refractivity contribution in [2.75, 3.05) is 18.5 Å². The molecule has 0 heterocycles. The van der Waals surface area contributed by atoms with Gasteiger partial charge in [0.05, 0.1) is 0 Å². The second-order valence-corrected chi connectivity index (χ2v) is 8.99. The van der Waals surface area contributed by atoms with Crippen LogP contribution in [-0.4, -0.2) is 40.6 Å². The predicted octanol–water partition coefficient (Wildman–Crippen LogP) is 5.34. The highest BCUT2D eigenvalue weighted by Crippen LogP contribution is 2.38. The Kier molecular flexibility index (Phi) is 15.8. The maximum absolute atomic E-state index is 10.7. The molecule has 0 amide bonds. The topological polar surface area (TPSA) is 74.6 Å². The highest BCUT2D eigenvalue weighted by atomic mass is 31.1. The lowest BCUT2D eigenvalue weighted by Gasteiger charge is -2.15. The quantitative estimate of drug-likeness (QED) is 0.275. The molecule has 0 fully saturated rings. The van der Waals surface area contributed by atoms with Crippen molar-refractivity contribution in [3.05, 3.63) is 0 Å². The third-order valence-electron chi connectivity index (χ3n) is 4.11. The van der Waals surface area contributed by atoms with Crippen molar-refractivity contribution < 1.29 is 19.8 Å². The van der Waals surface area contributed by atoms with Gasteiger partial charge in [0.1, 0.15) is 0 Å². The SMILES string of the molecule is CCCCCCCCCCCCP(CCC(=O)O)CCC(=O)O. The van der Waals surface area contributed by atoms with Crippen LogP contribution < -0.4 is 0 Å². The molecule has 2 N–H and O–H groups in total. The summed E-state index contributed by atoms with van der Waals surface area (Å²) in [5.74, 6) is -1.54. The van der Waals surface area contributed by atoms with E-state index < -0.39 is 19.9 Å². The van der Waals surface area contributed by atoms with Crippen molar-refractivity contribution >= 4 is 19.9 Å². The maximum Gasteiger partial charge on any atom is 0.303 e. The molecule has 0 aromatic heterocycles. The first-order valence-corrected chi connectivity index (χ1v) is 11.1. The summed E-state index contributed by atoms with van der Waals surface area (Å²) >= 11 is 0. The van der Waals surface area contributed by atoms with E-state index in [9.17, 15) is 9.59 Å². The molecule has 0 aliphatic rings. The molecular formula is C18H35O4P. The third-order valence-corrected chi connectivity index (χ3v) is 6.77. The van der Waals surface area contributed by atoms with Gasteiger partial charge in [-0.3, -0.25) is 9.59 Å². The zero-order valence-corrected chi connectivity index (χ0v) is 15.7. The molecule has 0 radical (unpaired) electrons. The maximum atomic E-state index is 10.7. The summed E-state index contributed by atoms with van der Waals surface area (Å²) in [6, 6.07) is 0. The van der Waals surface area contributed by atoms with E-state index in [2.05, 4.69) is 6.92 Å². The molecule has 0 saturated carbocycles. The molecule has 0 aromatic carbocycles. The minimum absolute atomic E-state index is 0.184. The van der Waals surface area contributed by atoms with Gasteiger partial charge in [0.15, 0.2) is 0 Å². The fourth-order valence-electron chi connectivity index (χ4n) is 2.67. The fraction of sp³-hybridized carbons (Fsp3) is 0.889. The molecule has 0 unspecified atom stereocenters. The lowest BCUT2D eigenvalue weighted by Crippen LogP contribution is -2.05. The summed E-state index contributed by atoms with van der Waals surface area (Å²) < 4.78 is 0. The van der Waals surface area contributed by atoms with Crippen LogP contribution in [0.4, 0.5) is 0 Å². The number of unbranched alkanes of at least 4 members (excludes halogenated alkanes) is 9. The monoisotopic (exact) mass is 346 g/mol. The van der Waals surface area contributed by atoms with Crippen LogP contribution in [0.5, 0.6) is 0 Å². The Balaban J connectivity index is 3.60. The van der Waals surface area contributed by atoms with E-state index in [4.69, 9.17) is 10.2 Å². The number of carboxylic acid groups (broad SMARTS) is 2. The second kappa shape index (κ2) is 16.2. The van der Waals surface area contributed by atoms with Crippen LogP contribution in [0.3, 0.4) is 0 Å². The van der Waals surface area contributed by atoms with Gasteiger partial charge in [0, 0.05) is 12.8 Å². The Morgan fingerprint density at radius 1 is 0.652 bits per heavy atom. The minimum atomic E-state index is -0.768. The highest BCUT2D eigenvalue weighted by molar-refractivity contribution is 7.57. The zero-order chi connectivity index (χ0) is 17.3. The van der Waals surface area contributed by atoms with E-state index >= 15 is 0 Å². The van der Waals surface area contributed by atoms with Crippen molar-refractivity contribution in [2.45, 2.75) is 84.0 Å². The summed E-state index contributed by atoms with van der Waals surface area (Å²) in [5, 5.41) is 17.6. The van der Waals surface area contributed by atoms with E-state index in [1.54, 1.807) is 0 Å². The first kappa shape index (κ1) is 22.4. The predicted molar refractivity (Wildman–Crippen MR) is 97.9 cm³/mol. The Bertz CT molecular complexity index is 289. The van der Waals surface area contributed by atoms with E-state index in [1.165, 1.54) is 57.8 Å². The molecule has 5 heteroatoms. The summed E-state index contributed by atoms with van der Waals surface area (Å²) in [4.78, 5) is 21.4. The number of carboxylic acids is 2. The molecule has 0 saturated heterocycles. The molecule has 136 valence electrons. The van der Waals surface area contributed by atoms with Gasteiger partial charge >= 0.3 is 11.9 Å². The van der Waals surface area contributed by atoms with Crippen LogP contribution in [0.15, 0.2) is 0 Å². The van der Waals surface area contributed by atoms with Gasteiger partial charge in [-0.1, -0.05) is 64.7 Å². The Morgan fingerprint density at radius 3 is 1.43 bits per heavy atom. The summed E-state index contributed by atoms with van der Waals surface area (Å²) in [6.45, 7) is 2.24. The standard InChI is InChI=1S/C18H35O4P/c1-2-3-4-5-6-7-8-9-10-11-14-23(15-12-17(19)20)16-13-18(21)22/h2-16H2,1H3,(H,19,20)(H,21,22). The number of rotatable bonds is 17. The summed E-state index contributed by atoms with van der Waals surface area (Å²) in [6.07, 6.45) is 15.7. The van der Waals surface area contributed by atoms with Crippen LogP contribution in [0, 0.1) is 0 Å². The van der Waals surface area contributed by atoms with Crippen molar-refractivity contribution in [3.8, 4) is 0 Å². The van der Waals surface area contributed by atoms with Gasteiger partial charge in [-0.15, -0.1) is 7.92 Å². The lowest BCUT2D eigenvalue weighted by molar-refractivity contribution is -0.137. The molecule has 0 atom stereocenters. The van der Waals surface area contributed by atoms with Crippen molar-refractivity contribution in [1.29, 1.82) is 0 Å². The van der Waals surface area contributed by atoms with Gasteiger partial charge in [-0.25, -0.2) is 0 Å². The number of hydrogen-bond acceptors (Lipinski definition) is 2. The Morgan fingerprint density at radius 2 is 1.04 bits per heavy atom. The molecule has 0 spiro atoms. The van der Waals surface area contributed by atoms with Crippen molar-refractivity contribution in [3.63, 3.8) is 0 Å². The molecule has 0 aromatic rings. The van der Waals surface area contributed by atoms with Crippen LogP contribution in [-0.2, 0) is 9.59 Å². The molecule has 0 aliphatic carbocycles. The molecule has 0 rings (SSSR count). The highest BCUT2D eigenvalue weighted by Gasteiger charge is 2.12. The average Bonchev–Trinajstić information content (AvgIpc) is 2.50. The number of hydrogen-bond donors (Lipinski definition) is 2. The van der Waals surface area contributed by atoms with Gasteiger partial charge in [0.2, 0.25) is 0 Å². The van der Waals surface area contributed by atoms with Gasteiger partial charge < -0.3 is 10.2 Å². The number of carbonyl (C=O) groups is 2. The van der Waals surface area contributed by atoms with Gasteiger partial charge in [0.25, 0.3) is 0 Å². The van der Waals surface area contributed by atoms with Crippen molar-refractivity contribution in [2.24, 2.45) is 0 Å². The average molecular weight is 346 g/mol. The number of aliphatic carboxylic acids is 2. The van der Waals surface area contributed by atoms with E-state index in [1.807, 2.05) is 0 Å². The third kappa shape index (κ3) is 17.6. The lowest BCUT2D eigenvalue weighted by atomic mass is 10.1. The molecule has 4 nitrogen and oxygen atoms in total. The first-order valence-electron chi connectivity index (χ1n) is 9.22. The summed E-state index contributed by atoms with van der Waals surface area (Å²) in [5.41, 5.74) is 0. The first-order chi connectivity index (χ1) is 11.1. The van der Waals surface area contributed by atoms with Crippen molar-refractivity contribution in [1.82, 2.24) is 0 Å². The van der Waals surface area contributed by atoms with E-state index in [0.29, 0.717) is 12.3 Å². The van der Waals surface area contributed by atoms with Crippen LogP contribution >= 0.6 is 7.92 Å². The van der Waals surface area contributed by atoms with E-state index in [-0.39, 0.29) is 12.8 Å². The van der Waals surface area contributed by atoms with Gasteiger partial charge in [-0.05, 0) is 24.9 Å². The van der Waals surface area contributed by atoms with Crippen LogP contribution in [0.2, 0.25) is 0 Å². The van der Waals surface area contributed by atoms with E-state index in [0.717, 1.165) is 12.6 Å². The smallest absolute Gasteiger partial charge is 0.303 e. The molecule has 0 aliphatic heterocycles. The molecule has 0 bridgehead atoms. The van der Waals surface area contributed by atoms with Gasteiger partial charge in [-0.2, -0.15) is 0 Å². The fourth-order valence-corrected chi connectivity index (χ4v) is 5.02. The normalized spacial score (nSPS) is 11.0. The zero-order valence-electron chi connectivity index (χ0n) is 14.8. The largest absolute Gasteiger partial charge is 0.481 e. The Hall–Kier alpha value is -0.630. The summed E-state index contributed by atoms with van der Waals surface area (Å²) in [7, 11) is -0.422. The molecule has 23 heavy (non-hydrogen) atoms. The van der Waals surface area contributed by atoms with Crippen LogP contribution in [0.1, 0.15) is 84.0 Å². The molecular weight excluding hydrogens is 311 g/mol. The minimum Gasteiger partial charge on any atom is -0.481 e.